The Labute approximate surface area is 165 Å². The number of thiophene rings is 1. The summed E-state index contributed by atoms with van der Waals surface area (Å²) in [7, 11) is 0. The molecule has 0 spiro atoms. The number of carbonyl (C=O) groups excluding carboxylic acids is 1. The van der Waals surface area contributed by atoms with Crippen molar-refractivity contribution in [3.63, 3.8) is 0 Å². The van der Waals surface area contributed by atoms with Gasteiger partial charge in [-0.15, -0.1) is 11.3 Å². The molecule has 0 radical (unpaired) electrons. The number of nitrogens with one attached hydrogen (secondary N) is 2. The van der Waals surface area contributed by atoms with E-state index >= 15 is 0 Å². The molecule has 2 aliphatic rings. The van der Waals surface area contributed by atoms with E-state index in [1.807, 2.05) is 41.7 Å². The van der Waals surface area contributed by atoms with E-state index in [-0.39, 0.29) is 12.1 Å². The predicted octanol–water partition coefficient (Wildman–Crippen LogP) is 5.03. The summed E-state index contributed by atoms with van der Waals surface area (Å²) in [5, 5.41) is 9.05. The third kappa shape index (κ3) is 4.90. The average Bonchev–Trinajstić information content (AvgIpc) is 3.36. The second-order valence-corrected chi connectivity index (χ2v) is 8.75. The highest BCUT2D eigenvalue weighted by Crippen LogP contribution is 2.39. The lowest BCUT2D eigenvalue weighted by Crippen LogP contribution is -2.53. The zero-order valence-corrected chi connectivity index (χ0v) is 16.4. The van der Waals surface area contributed by atoms with Gasteiger partial charge in [-0.2, -0.15) is 0 Å². The van der Waals surface area contributed by atoms with Crippen LogP contribution in [-0.2, 0) is 11.3 Å². The number of rotatable bonds is 7. The summed E-state index contributed by atoms with van der Waals surface area (Å²) in [6, 6.07) is 15.4. The van der Waals surface area contributed by atoms with Crippen molar-refractivity contribution in [1.82, 2.24) is 10.6 Å². The summed E-state index contributed by atoms with van der Waals surface area (Å²) < 4.78 is 5.32. The SMILES string of the molecule is O=C(NC1CC(NC(c2cccs2)C2CCCC2)C1)OCc1ccccc1. The second kappa shape index (κ2) is 8.89. The van der Waals surface area contributed by atoms with E-state index in [1.54, 1.807) is 0 Å². The van der Waals surface area contributed by atoms with Crippen molar-refractivity contribution < 1.29 is 9.53 Å². The summed E-state index contributed by atoms with van der Waals surface area (Å²) in [4.78, 5) is 13.5. The largest absolute Gasteiger partial charge is 0.445 e. The molecule has 0 aliphatic heterocycles. The van der Waals surface area contributed by atoms with Crippen LogP contribution in [0.5, 0.6) is 0 Å². The molecule has 2 aliphatic carbocycles. The third-order valence-electron chi connectivity index (χ3n) is 5.81. The van der Waals surface area contributed by atoms with Crippen molar-refractivity contribution in [3.05, 3.63) is 58.3 Å². The van der Waals surface area contributed by atoms with E-state index < -0.39 is 0 Å². The highest BCUT2D eigenvalue weighted by molar-refractivity contribution is 7.10. The van der Waals surface area contributed by atoms with Crippen LogP contribution in [0.15, 0.2) is 47.8 Å². The molecule has 0 bridgehead atoms. The maximum Gasteiger partial charge on any atom is 0.407 e. The monoisotopic (exact) mass is 384 g/mol. The number of alkyl carbamates (subject to hydrolysis) is 1. The molecule has 2 saturated carbocycles. The summed E-state index contributed by atoms with van der Waals surface area (Å²) in [5.74, 6) is 0.756. The molecule has 27 heavy (non-hydrogen) atoms. The molecule has 1 aromatic heterocycles. The highest BCUT2D eigenvalue weighted by atomic mass is 32.1. The minimum absolute atomic E-state index is 0.221. The molecule has 4 nitrogen and oxygen atoms in total. The standard InChI is InChI=1S/C22H28N2O2S/c25-22(26-15-16-7-2-1-3-8-16)24-19-13-18(14-19)23-21(17-9-4-5-10-17)20-11-6-12-27-20/h1-3,6-8,11-12,17-19,21,23H,4-5,9-10,13-15H2,(H,24,25). The van der Waals surface area contributed by atoms with Gasteiger partial charge < -0.3 is 15.4 Å². The Hall–Kier alpha value is -1.85. The molecule has 1 heterocycles. The van der Waals surface area contributed by atoms with E-state index in [2.05, 4.69) is 28.1 Å². The van der Waals surface area contributed by atoms with Crippen molar-refractivity contribution in [2.24, 2.45) is 5.92 Å². The smallest absolute Gasteiger partial charge is 0.407 e. The van der Waals surface area contributed by atoms with Gasteiger partial charge >= 0.3 is 6.09 Å². The molecular formula is C22H28N2O2S. The summed E-state index contributed by atoms with van der Waals surface area (Å²) in [6.45, 7) is 0.323. The molecule has 2 fully saturated rings. The Morgan fingerprint density at radius 1 is 1.07 bits per heavy atom. The fourth-order valence-corrected chi connectivity index (χ4v) is 5.15. The number of carbonyl (C=O) groups is 1. The summed E-state index contributed by atoms with van der Waals surface area (Å²) >= 11 is 1.86. The minimum Gasteiger partial charge on any atom is -0.445 e. The topological polar surface area (TPSA) is 50.4 Å². The first kappa shape index (κ1) is 18.5. The van der Waals surface area contributed by atoms with Crippen LogP contribution >= 0.6 is 11.3 Å². The highest BCUT2D eigenvalue weighted by Gasteiger charge is 2.35. The molecule has 5 heteroatoms. The molecule has 1 amide bonds. The van der Waals surface area contributed by atoms with E-state index in [0.717, 1.165) is 24.3 Å². The summed E-state index contributed by atoms with van der Waals surface area (Å²) in [6.07, 6.45) is 7.02. The van der Waals surface area contributed by atoms with E-state index in [1.165, 1.54) is 30.6 Å². The molecule has 1 atom stereocenters. The summed E-state index contributed by atoms with van der Waals surface area (Å²) in [5.41, 5.74) is 1.01. The number of benzene rings is 1. The van der Waals surface area contributed by atoms with Gasteiger partial charge in [0.2, 0.25) is 0 Å². The Morgan fingerprint density at radius 3 is 2.56 bits per heavy atom. The second-order valence-electron chi connectivity index (χ2n) is 7.78. The number of amides is 1. The van der Waals surface area contributed by atoms with Crippen LogP contribution in [0, 0.1) is 5.92 Å². The average molecular weight is 385 g/mol. The van der Waals surface area contributed by atoms with Gasteiger partial charge in [0, 0.05) is 23.0 Å². The molecule has 144 valence electrons. The van der Waals surface area contributed by atoms with E-state index in [9.17, 15) is 4.79 Å². The number of hydrogen-bond acceptors (Lipinski definition) is 4. The van der Waals surface area contributed by atoms with E-state index in [4.69, 9.17) is 4.74 Å². The van der Waals surface area contributed by atoms with Crippen LogP contribution < -0.4 is 10.6 Å². The molecule has 2 aromatic rings. The Kier molecular flexibility index (Phi) is 6.10. The maximum absolute atomic E-state index is 12.0. The van der Waals surface area contributed by atoms with Gasteiger partial charge in [-0.3, -0.25) is 0 Å². The first-order chi connectivity index (χ1) is 13.3. The van der Waals surface area contributed by atoms with Gasteiger partial charge in [0.05, 0.1) is 0 Å². The van der Waals surface area contributed by atoms with Gasteiger partial charge in [-0.05, 0) is 48.6 Å². The van der Waals surface area contributed by atoms with Crippen molar-refractivity contribution in [2.75, 3.05) is 0 Å². The van der Waals surface area contributed by atoms with Gasteiger partial charge in [0.25, 0.3) is 0 Å². The molecular weight excluding hydrogens is 356 g/mol. The zero-order chi connectivity index (χ0) is 18.5. The van der Waals surface area contributed by atoms with Crippen LogP contribution in [0.3, 0.4) is 0 Å². The fourth-order valence-electron chi connectivity index (χ4n) is 4.27. The predicted molar refractivity (Wildman–Crippen MR) is 109 cm³/mol. The number of ether oxygens (including phenoxy) is 1. The normalized spacial score (nSPS) is 23.6. The van der Waals surface area contributed by atoms with E-state index in [0.29, 0.717) is 18.7 Å². The molecule has 1 unspecified atom stereocenters. The molecule has 2 N–H and O–H groups in total. The first-order valence-electron chi connectivity index (χ1n) is 10.0. The van der Waals surface area contributed by atoms with Crippen molar-refractivity contribution in [3.8, 4) is 0 Å². The lowest BCUT2D eigenvalue weighted by atomic mass is 9.84. The quantitative estimate of drug-likeness (QED) is 0.704. The van der Waals surface area contributed by atoms with Crippen LogP contribution in [0.1, 0.15) is 55.0 Å². The van der Waals surface area contributed by atoms with Gasteiger partial charge in [-0.1, -0.05) is 49.2 Å². The molecule has 0 saturated heterocycles. The lowest BCUT2D eigenvalue weighted by molar-refractivity contribution is 0.123. The van der Waals surface area contributed by atoms with Crippen LogP contribution in [0.4, 0.5) is 4.79 Å². The van der Waals surface area contributed by atoms with Crippen molar-refractivity contribution >= 4 is 17.4 Å². The van der Waals surface area contributed by atoms with Crippen LogP contribution in [-0.4, -0.2) is 18.2 Å². The Balaban J connectivity index is 1.21. The van der Waals surface area contributed by atoms with Crippen LogP contribution in [0.2, 0.25) is 0 Å². The molecule has 1 aromatic carbocycles. The maximum atomic E-state index is 12.0. The van der Waals surface area contributed by atoms with Gasteiger partial charge in [-0.25, -0.2) is 4.79 Å². The third-order valence-corrected chi connectivity index (χ3v) is 6.76. The fraction of sp³-hybridized carbons (Fsp3) is 0.500. The first-order valence-corrected chi connectivity index (χ1v) is 10.9. The van der Waals surface area contributed by atoms with Crippen LogP contribution in [0.25, 0.3) is 0 Å². The van der Waals surface area contributed by atoms with Crippen molar-refractivity contribution in [1.29, 1.82) is 0 Å². The van der Waals surface area contributed by atoms with Gasteiger partial charge in [0.15, 0.2) is 0 Å². The number of hydrogen-bond donors (Lipinski definition) is 2. The minimum atomic E-state index is -0.312. The Bertz CT molecular complexity index is 707. The Morgan fingerprint density at radius 2 is 1.85 bits per heavy atom. The van der Waals surface area contributed by atoms with Crippen molar-refractivity contribution in [2.45, 2.75) is 63.3 Å². The van der Waals surface area contributed by atoms with Gasteiger partial charge in [0.1, 0.15) is 6.61 Å². The lowest BCUT2D eigenvalue weighted by Gasteiger charge is -2.39. The zero-order valence-electron chi connectivity index (χ0n) is 15.6. The molecule has 4 rings (SSSR count).